The number of hydrogen-bond donors (Lipinski definition) is 1. The summed E-state index contributed by atoms with van der Waals surface area (Å²) in [5.41, 5.74) is 1.07. The van der Waals surface area contributed by atoms with Gasteiger partial charge in [-0.05, 0) is 31.8 Å². The molecule has 1 rings (SSSR count). The number of thioether (sulfide) groups is 1. The van der Waals surface area contributed by atoms with Gasteiger partial charge in [0.15, 0.2) is 0 Å². The molecule has 0 radical (unpaired) electrons. The molecule has 1 N–H and O–H groups in total. The second kappa shape index (κ2) is 8.23. The van der Waals surface area contributed by atoms with Crippen LogP contribution in [0.3, 0.4) is 0 Å². The van der Waals surface area contributed by atoms with Crippen LogP contribution >= 0.6 is 11.8 Å². The number of carbonyl (C=O) groups is 1. The van der Waals surface area contributed by atoms with Crippen molar-refractivity contribution in [3.05, 3.63) is 29.8 Å². The van der Waals surface area contributed by atoms with Gasteiger partial charge in [0.25, 0.3) is 0 Å². The Bertz CT molecular complexity index is 388. The van der Waals surface area contributed by atoms with Crippen LogP contribution in [0.2, 0.25) is 0 Å². The average molecular weight is 280 g/mol. The van der Waals surface area contributed by atoms with E-state index in [1.165, 1.54) is 4.90 Å². The molecular weight excluding hydrogens is 256 g/mol. The molecular formula is C15H24N2OS. The minimum Gasteiger partial charge on any atom is -0.355 e. The lowest BCUT2D eigenvalue weighted by molar-refractivity contribution is -0.120. The molecule has 0 saturated carbocycles. The summed E-state index contributed by atoms with van der Waals surface area (Å²) in [6.45, 7) is 5.93. The van der Waals surface area contributed by atoms with Gasteiger partial charge in [0.2, 0.25) is 5.91 Å². The van der Waals surface area contributed by atoms with Crippen molar-refractivity contribution in [2.75, 3.05) is 27.2 Å². The fourth-order valence-electron chi connectivity index (χ4n) is 1.62. The van der Waals surface area contributed by atoms with Crippen molar-refractivity contribution < 1.29 is 4.79 Å². The lowest BCUT2D eigenvalue weighted by Crippen LogP contribution is -2.32. The molecule has 19 heavy (non-hydrogen) atoms. The second-order valence-electron chi connectivity index (χ2n) is 5.14. The minimum absolute atomic E-state index is 0.0890. The predicted octanol–water partition coefficient (Wildman–Crippen LogP) is 2.41. The highest BCUT2D eigenvalue weighted by molar-refractivity contribution is 7.99. The first kappa shape index (κ1) is 16.1. The van der Waals surface area contributed by atoms with Crippen LogP contribution in [0.4, 0.5) is 0 Å². The van der Waals surface area contributed by atoms with Gasteiger partial charge in [-0.15, -0.1) is 11.8 Å². The Labute approximate surface area is 120 Å². The molecule has 0 atom stereocenters. The van der Waals surface area contributed by atoms with Crippen molar-refractivity contribution in [1.82, 2.24) is 10.2 Å². The summed E-state index contributed by atoms with van der Waals surface area (Å²) in [6, 6.07) is 8.26. The van der Waals surface area contributed by atoms with Gasteiger partial charge in [0, 0.05) is 23.2 Å². The van der Waals surface area contributed by atoms with Crippen LogP contribution in [0, 0.1) is 0 Å². The van der Waals surface area contributed by atoms with Crippen molar-refractivity contribution in [1.29, 1.82) is 0 Å². The van der Waals surface area contributed by atoms with E-state index < -0.39 is 0 Å². The molecule has 0 bridgehead atoms. The average Bonchev–Trinajstić information content (AvgIpc) is 2.30. The van der Waals surface area contributed by atoms with E-state index in [0.717, 1.165) is 12.1 Å². The van der Waals surface area contributed by atoms with Crippen molar-refractivity contribution in [2.45, 2.75) is 30.4 Å². The maximum atomic E-state index is 11.7. The van der Waals surface area contributed by atoms with Crippen molar-refractivity contribution in [3.63, 3.8) is 0 Å². The van der Waals surface area contributed by atoms with Gasteiger partial charge in [-0.3, -0.25) is 4.79 Å². The van der Waals surface area contributed by atoms with Gasteiger partial charge in [-0.1, -0.05) is 26.0 Å². The van der Waals surface area contributed by atoms with Gasteiger partial charge in [-0.2, -0.15) is 0 Å². The van der Waals surface area contributed by atoms with E-state index in [1.807, 2.05) is 38.0 Å². The third-order valence-corrected chi connectivity index (χ3v) is 3.56. The monoisotopic (exact) mass is 280 g/mol. The first-order chi connectivity index (χ1) is 8.97. The van der Waals surface area contributed by atoms with Crippen LogP contribution in [0.5, 0.6) is 0 Å². The van der Waals surface area contributed by atoms with E-state index in [-0.39, 0.29) is 5.91 Å². The predicted molar refractivity (Wildman–Crippen MR) is 82.7 cm³/mol. The molecule has 3 nitrogen and oxygen atoms in total. The van der Waals surface area contributed by atoms with Gasteiger partial charge in [0.05, 0.1) is 6.42 Å². The molecule has 106 valence electrons. The topological polar surface area (TPSA) is 32.3 Å². The van der Waals surface area contributed by atoms with Crippen LogP contribution in [0.1, 0.15) is 19.4 Å². The highest BCUT2D eigenvalue weighted by Crippen LogP contribution is 2.22. The molecule has 0 spiro atoms. The van der Waals surface area contributed by atoms with E-state index in [9.17, 15) is 4.79 Å². The van der Waals surface area contributed by atoms with Crippen molar-refractivity contribution >= 4 is 17.7 Å². The summed E-state index contributed by atoms with van der Waals surface area (Å²) in [7, 11) is 3.99. The van der Waals surface area contributed by atoms with Crippen molar-refractivity contribution in [3.8, 4) is 0 Å². The maximum Gasteiger partial charge on any atom is 0.224 e. The summed E-state index contributed by atoms with van der Waals surface area (Å²) >= 11 is 1.84. The molecule has 0 aromatic heterocycles. The van der Waals surface area contributed by atoms with E-state index >= 15 is 0 Å². The molecule has 4 heteroatoms. The van der Waals surface area contributed by atoms with Gasteiger partial charge in [-0.25, -0.2) is 0 Å². The SMILES string of the molecule is CC(C)Sc1ccc(CC(=O)NCCN(C)C)cc1. The van der Waals surface area contributed by atoms with Gasteiger partial charge in [0.1, 0.15) is 0 Å². The number of benzene rings is 1. The second-order valence-corrected chi connectivity index (χ2v) is 6.79. The number of rotatable bonds is 7. The summed E-state index contributed by atoms with van der Waals surface area (Å²) in [4.78, 5) is 15.0. The normalized spacial score (nSPS) is 11.1. The zero-order chi connectivity index (χ0) is 14.3. The van der Waals surface area contributed by atoms with E-state index in [1.54, 1.807) is 0 Å². The quantitative estimate of drug-likeness (QED) is 0.779. The number of hydrogen-bond acceptors (Lipinski definition) is 3. The highest BCUT2D eigenvalue weighted by Gasteiger charge is 2.04. The van der Waals surface area contributed by atoms with Gasteiger partial charge < -0.3 is 10.2 Å². The minimum atomic E-state index is 0.0890. The Morgan fingerprint density at radius 1 is 1.26 bits per heavy atom. The highest BCUT2D eigenvalue weighted by atomic mass is 32.2. The maximum absolute atomic E-state index is 11.7. The van der Waals surface area contributed by atoms with Crippen molar-refractivity contribution in [2.24, 2.45) is 0 Å². The largest absolute Gasteiger partial charge is 0.355 e. The van der Waals surface area contributed by atoms with Crippen LogP contribution in [0.15, 0.2) is 29.2 Å². The third kappa shape index (κ3) is 7.23. The Morgan fingerprint density at radius 2 is 1.89 bits per heavy atom. The number of nitrogens with zero attached hydrogens (tertiary/aromatic N) is 1. The Balaban J connectivity index is 2.38. The number of nitrogens with one attached hydrogen (secondary N) is 1. The summed E-state index contributed by atoms with van der Waals surface area (Å²) in [6.07, 6.45) is 0.458. The van der Waals surface area contributed by atoms with E-state index in [4.69, 9.17) is 0 Å². The van der Waals surface area contributed by atoms with Crippen LogP contribution in [0.25, 0.3) is 0 Å². The molecule has 0 aliphatic heterocycles. The lowest BCUT2D eigenvalue weighted by Gasteiger charge is -2.10. The van der Waals surface area contributed by atoms with Gasteiger partial charge >= 0.3 is 0 Å². The molecule has 1 aromatic rings. The molecule has 0 aliphatic carbocycles. The fraction of sp³-hybridized carbons (Fsp3) is 0.533. The first-order valence-electron chi connectivity index (χ1n) is 6.64. The van der Waals surface area contributed by atoms with Crippen LogP contribution in [-0.4, -0.2) is 43.2 Å². The number of amides is 1. The van der Waals surface area contributed by atoms with Crippen LogP contribution < -0.4 is 5.32 Å². The standard InChI is InChI=1S/C15H24N2OS/c1-12(2)19-14-7-5-13(6-8-14)11-15(18)16-9-10-17(3)4/h5-8,12H,9-11H2,1-4H3,(H,16,18). The Kier molecular flexibility index (Phi) is 6.95. The smallest absolute Gasteiger partial charge is 0.224 e. The van der Waals surface area contributed by atoms with Crippen LogP contribution in [-0.2, 0) is 11.2 Å². The summed E-state index contributed by atoms with van der Waals surface area (Å²) in [5.74, 6) is 0.0890. The molecule has 0 saturated heterocycles. The number of likely N-dealkylation sites (N-methyl/N-ethyl adjacent to an activating group) is 1. The molecule has 0 fully saturated rings. The molecule has 1 aromatic carbocycles. The first-order valence-corrected chi connectivity index (χ1v) is 7.52. The summed E-state index contributed by atoms with van der Waals surface area (Å²) in [5, 5.41) is 3.51. The molecule has 0 heterocycles. The molecule has 1 amide bonds. The third-order valence-electron chi connectivity index (χ3n) is 2.54. The zero-order valence-electron chi connectivity index (χ0n) is 12.3. The fourth-order valence-corrected chi connectivity index (χ4v) is 2.46. The Hall–Kier alpha value is -1.00. The molecule has 0 unspecified atom stereocenters. The number of carbonyl (C=O) groups excluding carboxylic acids is 1. The molecule has 0 aliphatic rings. The summed E-state index contributed by atoms with van der Waals surface area (Å²) < 4.78 is 0. The lowest BCUT2D eigenvalue weighted by atomic mass is 10.1. The van der Waals surface area contributed by atoms with E-state index in [0.29, 0.717) is 18.2 Å². The zero-order valence-corrected chi connectivity index (χ0v) is 13.1. The Morgan fingerprint density at radius 3 is 2.42 bits per heavy atom. The van der Waals surface area contributed by atoms with E-state index in [2.05, 4.69) is 36.2 Å².